The topological polar surface area (TPSA) is 55.5 Å². The van der Waals surface area contributed by atoms with Gasteiger partial charge in [0.05, 0.1) is 6.20 Å². The lowest BCUT2D eigenvalue weighted by molar-refractivity contribution is 0.345. The van der Waals surface area contributed by atoms with Crippen LogP contribution in [0.3, 0.4) is 0 Å². The molecule has 5 heteroatoms. The predicted octanol–water partition coefficient (Wildman–Crippen LogP) is -0.420. The molecule has 1 N–H and O–H groups in total. The van der Waals surface area contributed by atoms with Gasteiger partial charge in [0, 0.05) is 0 Å². The Balaban J connectivity index is 2.50. The van der Waals surface area contributed by atoms with Crippen LogP contribution in [-0.4, -0.2) is 17.7 Å². The minimum absolute atomic E-state index is 0.0347. The summed E-state index contributed by atoms with van der Waals surface area (Å²) in [7, 11) is 0.506. The monoisotopic (exact) mass is 112 g/mol. The average Bonchev–Trinajstić information content (AvgIpc) is 2.19. The van der Waals surface area contributed by atoms with E-state index in [0.29, 0.717) is 7.69 Å². The first-order chi connectivity index (χ1) is 3.93. The molecule has 0 saturated carbocycles. The molecule has 0 bridgehead atoms. The van der Waals surface area contributed by atoms with Crippen molar-refractivity contribution in [3.05, 3.63) is 12.5 Å². The Hall–Kier alpha value is -0.965. The van der Waals surface area contributed by atoms with Gasteiger partial charge in [0.1, 0.15) is 6.26 Å². The first-order valence-corrected chi connectivity index (χ1v) is 1.95. The zero-order valence-electron chi connectivity index (χ0n) is 3.94. The van der Waals surface area contributed by atoms with Crippen molar-refractivity contribution in [2.24, 2.45) is 0 Å². The maximum absolute atomic E-state index is 7.99. The van der Waals surface area contributed by atoms with Crippen molar-refractivity contribution in [3.63, 3.8) is 0 Å². The highest BCUT2D eigenvalue weighted by Crippen LogP contribution is 2.01. The molecule has 0 aliphatic carbocycles. The number of hydrogen-bond acceptors (Lipinski definition) is 4. The Kier molecular flexibility index (Phi) is 1.53. The molecule has 1 radical (unpaired) electrons. The van der Waals surface area contributed by atoms with E-state index in [1.165, 1.54) is 12.5 Å². The van der Waals surface area contributed by atoms with E-state index in [1.54, 1.807) is 0 Å². The fourth-order valence-electron chi connectivity index (χ4n) is 0.314. The van der Waals surface area contributed by atoms with Crippen molar-refractivity contribution in [2.75, 3.05) is 0 Å². The first-order valence-electron chi connectivity index (χ1n) is 1.95. The number of nitrogens with zero attached hydrogens (tertiary/aromatic N) is 1. The van der Waals surface area contributed by atoms with E-state index >= 15 is 0 Å². The first kappa shape index (κ1) is 5.18. The Morgan fingerprint density at radius 2 is 2.75 bits per heavy atom. The minimum atomic E-state index is 0.0347. The number of oxazole rings is 1. The second-order valence-electron chi connectivity index (χ2n) is 1.02. The lowest BCUT2D eigenvalue weighted by Crippen LogP contribution is -1.99. The van der Waals surface area contributed by atoms with Crippen LogP contribution >= 0.6 is 0 Å². The molecule has 1 aromatic rings. The maximum atomic E-state index is 7.99. The molecule has 0 aliphatic rings. The Labute approximate surface area is 46.4 Å². The van der Waals surface area contributed by atoms with Crippen LogP contribution in [0.4, 0.5) is 0 Å². The summed E-state index contributed by atoms with van der Waals surface area (Å²) < 4.78 is 8.85. The van der Waals surface area contributed by atoms with E-state index in [-0.39, 0.29) is 6.08 Å². The molecule has 0 fully saturated rings. The molecule has 8 heavy (non-hydrogen) atoms. The van der Waals surface area contributed by atoms with Crippen molar-refractivity contribution >= 4 is 7.69 Å². The van der Waals surface area contributed by atoms with Gasteiger partial charge in [-0.25, -0.2) is 0 Å². The fourth-order valence-corrected chi connectivity index (χ4v) is 0.314. The predicted molar refractivity (Wildman–Crippen MR) is 25.1 cm³/mol. The second-order valence-corrected chi connectivity index (χ2v) is 1.02. The molecule has 1 heterocycles. The Morgan fingerprint density at radius 1 is 1.88 bits per heavy atom. The second kappa shape index (κ2) is 2.37. The number of aromatic nitrogens is 1. The Bertz CT molecular complexity index is 140. The highest BCUT2D eigenvalue weighted by molar-refractivity contribution is 6.16. The average molecular weight is 112 g/mol. The molecule has 1 aromatic heterocycles. The molecule has 0 aromatic carbocycles. The molecular formula is C3H3BNO3. The fraction of sp³-hybridized carbons (Fsp3) is 0. The van der Waals surface area contributed by atoms with E-state index in [0.717, 1.165) is 0 Å². The largest absolute Gasteiger partial charge is 0.572 e. The van der Waals surface area contributed by atoms with E-state index < -0.39 is 0 Å². The molecule has 0 saturated heterocycles. The summed E-state index contributed by atoms with van der Waals surface area (Å²) in [6.07, 6.45) is 2.80. The quantitative estimate of drug-likeness (QED) is 0.527. The van der Waals surface area contributed by atoms with Crippen LogP contribution in [-0.2, 0) is 0 Å². The van der Waals surface area contributed by atoms with Crippen molar-refractivity contribution < 1.29 is 14.1 Å². The normalized spacial score (nSPS) is 8.62. The minimum Gasteiger partial charge on any atom is -0.495 e. The van der Waals surface area contributed by atoms with E-state index in [2.05, 4.69) is 14.1 Å². The molecule has 0 spiro atoms. The molecule has 1 rings (SSSR count). The molecule has 0 unspecified atom stereocenters. The molecule has 0 amide bonds. The van der Waals surface area contributed by atoms with Gasteiger partial charge in [-0.05, 0) is 0 Å². The van der Waals surface area contributed by atoms with Gasteiger partial charge in [-0.15, -0.1) is 0 Å². The zero-order valence-corrected chi connectivity index (χ0v) is 3.94. The Morgan fingerprint density at radius 3 is 3.25 bits per heavy atom. The third-order valence-corrected chi connectivity index (χ3v) is 0.563. The molecule has 0 atom stereocenters. The van der Waals surface area contributed by atoms with Gasteiger partial charge in [0.25, 0.3) is 0 Å². The van der Waals surface area contributed by atoms with Gasteiger partial charge >= 0.3 is 13.8 Å². The van der Waals surface area contributed by atoms with Crippen LogP contribution in [0.5, 0.6) is 6.08 Å². The molecular weight excluding hydrogens is 109 g/mol. The van der Waals surface area contributed by atoms with Crippen molar-refractivity contribution in [1.82, 2.24) is 4.98 Å². The van der Waals surface area contributed by atoms with E-state index in [9.17, 15) is 0 Å². The maximum Gasteiger partial charge on any atom is 0.572 e. The van der Waals surface area contributed by atoms with Gasteiger partial charge in [-0.3, -0.25) is 0 Å². The summed E-state index contributed by atoms with van der Waals surface area (Å²) in [6, 6.07) is 0. The van der Waals surface area contributed by atoms with Crippen molar-refractivity contribution in [2.45, 2.75) is 0 Å². The van der Waals surface area contributed by atoms with Crippen LogP contribution < -0.4 is 4.65 Å². The third kappa shape index (κ3) is 1.00. The standard InChI is InChI=1S/C3H3BNO3/c6-4-8-3-5-1-2-7-3/h1-2,6H. The number of hydrogen-bond donors (Lipinski definition) is 1. The lowest BCUT2D eigenvalue weighted by atomic mass is 10.4. The summed E-state index contributed by atoms with van der Waals surface area (Å²) in [5, 5.41) is 7.99. The summed E-state index contributed by atoms with van der Waals surface area (Å²) in [4.78, 5) is 3.53. The summed E-state index contributed by atoms with van der Waals surface area (Å²) >= 11 is 0. The molecule has 0 aliphatic heterocycles. The van der Waals surface area contributed by atoms with Crippen LogP contribution in [0, 0.1) is 0 Å². The highest BCUT2D eigenvalue weighted by atomic mass is 16.6. The van der Waals surface area contributed by atoms with Crippen LogP contribution in [0.25, 0.3) is 0 Å². The van der Waals surface area contributed by atoms with Gasteiger partial charge in [-0.2, -0.15) is 4.98 Å². The molecule has 41 valence electrons. The van der Waals surface area contributed by atoms with Crippen molar-refractivity contribution in [1.29, 1.82) is 0 Å². The van der Waals surface area contributed by atoms with Gasteiger partial charge in [0.2, 0.25) is 0 Å². The summed E-state index contributed by atoms with van der Waals surface area (Å²) in [5.74, 6) is 0. The smallest absolute Gasteiger partial charge is 0.495 e. The van der Waals surface area contributed by atoms with Gasteiger partial charge < -0.3 is 14.1 Å². The van der Waals surface area contributed by atoms with Crippen LogP contribution in [0.2, 0.25) is 0 Å². The van der Waals surface area contributed by atoms with E-state index in [1.807, 2.05) is 0 Å². The lowest BCUT2D eigenvalue weighted by Gasteiger charge is -1.87. The van der Waals surface area contributed by atoms with Gasteiger partial charge in [0.15, 0.2) is 0 Å². The summed E-state index contributed by atoms with van der Waals surface area (Å²) in [5.41, 5.74) is 0. The molecule has 4 nitrogen and oxygen atoms in total. The van der Waals surface area contributed by atoms with Crippen LogP contribution in [0.1, 0.15) is 0 Å². The third-order valence-electron chi connectivity index (χ3n) is 0.563. The SMILES string of the molecule is O[B]Oc1ncco1. The number of rotatable bonds is 2. The summed E-state index contributed by atoms with van der Waals surface area (Å²) in [6.45, 7) is 0. The zero-order chi connectivity index (χ0) is 5.82. The highest BCUT2D eigenvalue weighted by Gasteiger charge is 1.94. The van der Waals surface area contributed by atoms with Crippen LogP contribution in [0.15, 0.2) is 16.9 Å². The van der Waals surface area contributed by atoms with Gasteiger partial charge in [-0.1, -0.05) is 0 Å². The van der Waals surface area contributed by atoms with E-state index in [4.69, 9.17) is 5.02 Å². The van der Waals surface area contributed by atoms with Crippen molar-refractivity contribution in [3.8, 4) is 6.08 Å².